The van der Waals surface area contributed by atoms with E-state index in [2.05, 4.69) is 0 Å². The van der Waals surface area contributed by atoms with E-state index in [1.807, 2.05) is 0 Å². The van der Waals surface area contributed by atoms with E-state index in [9.17, 15) is 4.79 Å². The molecule has 0 saturated heterocycles. The van der Waals surface area contributed by atoms with Crippen molar-refractivity contribution in [1.29, 1.82) is 0 Å². The predicted molar refractivity (Wildman–Crippen MR) is 76.7 cm³/mol. The molecule has 0 atom stereocenters. The van der Waals surface area contributed by atoms with E-state index >= 15 is 0 Å². The molecule has 0 radical (unpaired) electrons. The molecule has 0 saturated carbocycles. The van der Waals surface area contributed by atoms with Crippen LogP contribution in [0.5, 0.6) is 28.7 Å². The van der Waals surface area contributed by atoms with Gasteiger partial charge < -0.3 is 23.7 Å². The summed E-state index contributed by atoms with van der Waals surface area (Å²) in [7, 11) is 1.58. The first-order valence-corrected chi connectivity index (χ1v) is 6.62. The Kier molecular flexibility index (Phi) is 4.00. The van der Waals surface area contributed by atoms with E-state index < -0.39 is 5.97 Å². The van der Waals surface area contributed by atoms with E-state index in [-0.39, 0.29) is 13.4 Å². The van der Waals surface area contributed by atoms with E-state index in [1.54, 1.807) is 49.6 Å². The van der Waals surface area contributed by atoms with Gasteiger partial charge in [-0.05, 0) is 36.4 Å². The standard InChI is InChI=1S/C16H14O6/c1-18-11-2-4-12(5-3-11)19-9-16(17)22-13-6-7-14-15(8-13)21-10-20-14/h2-8H,9-10H2,1H3. The summed E-state index contributed by atoms with van der Waals surface area (Å²) in [6.07, 6.45) is 0. The van der Waals surface area contributed by atoms with Crippen molar-refractivity contribution < 1.29 is 28.5 Å². The second-order valence-electron chi connectivity index (χ2n) is 4.45. The smallest absolute Gasteiger partial charge is 0.349 e. The van der Waals surface area contributed by atoms with Crippen molar-refractivity contribution in [1.82, 2.24) is 0 Å². The van der Waals surface area contributed by atoms with Gasteiger partial charge in [0, 0.05) is 6.07 Å². The van der Waals surface area contributed by atoms with Gasteiger partial charge in [0.05, 0.1) is 7.11 Å². The molecule has 0 aliphatic carbocycles. The summed E-state index contributed by atoms with van der Waals surface area (Å²) in [6, 6.07) is 11.9. The maximum Gasteiger partial charge on any atom is 0.349 e. The fraction of sp³-hybridized carbons (Fsp3) is 0.188. The molecule has 22 heavy (non-hydrogen) atoms. The highest BCUT2D eigenvalue weighted by Gasteiger charge is 2.15. The van der Waals surface area contributed by atoms with Gasteiger partial charge in [0.15, 0.2) is 18.1 Å². The van der Waals surface area contributed by atoms with E-state index in [4.69, 9.17) is 23.7 Å². The molecule has 0 bridgehead atoms. The van der Waals surface area contributed by atoms with E-state index in [1.165, 1.54) is 0 Å². The zero-order valence-electron chi connectivity index (χ0n) is 11.9. The van der Waals surface area contributed by atoms with Gasteiger partial charge in [0.1, 0.15) is 17.2 Å². The summed E-state index contributed by atoms with van der Waals surface area (Å²) in [5.41, 5.74) is 0. The van der Waals surface area contributed by atoms with Crippen LogP contribution in [0, 0.1) is 0 Å². The quantitative estimate of drug-likeness (QED) is 0.624. The van der Waals surface area contributed by atoms with Gasteiger partial charge in [-0.3, -0.25) is 0 Å². The molecule has 0 spiro atoms. The summed E-state index contributed by atoms with van der Waals surface area (Å²) in [5.74, 6) is 2.34. The van der Waals surface area contributed by atoms with E-state index in [0.717, 1.165) is 5.75 Å². The van der Waals surface area contributed by atoms with Crippen molar-refractivity contribution in [2.75, 3.05) is 20.5 Å². The average Bonchev–Trinajstić information content (AvgIpc) is 3.01. The maximum atomic E-state index is 11.8. The number of hydrogen-bond donors (Lipinski definition) is 0. The number of rotatable bonds is 5. The molecule has 0 unspecified atom stereocenters. The molecule has 2 aromatic carbocycles. The van der Waals surface area contributed by atoms with Crippen LogP contribution in [0.3, 0.4) is 0 Å². The summed E-state index contributed by atoms with van der Waals surface area (Å²) >= 11 is 0. The third-order valence-electron chi connectivity index (χ3n) is 2.99. The molecule has 0 amide bonds. The largest absolute Gasteiger partial charge is 0.497 e. The fourth-order valence-electron chi connectivity index (χ4n) is 1.92. The van der Waals surface area contributed by atoms with Crippen molar-refractivity contribution in [2.45, 2.75) is 0 Å². The van der Waals surface area contributed by atoms with Crippen LogP contribution in [0.4, 0.5) is 0 Å². The zero-order chi connectivity index (χ0) is 15.4. The van der Waals surface area contributed by atoms with Crippen LogP contribution >= 0.6 is 0 Å². The molecule has 114 valence electrons. The second kappa shape index (κ2) is 6.26. The van der Waals surface area contributed by atoms with Crippen molar-refractivity contribution in [3.05, 3.63) is 42.5 Å². The van der Waals surface area contributed by atoms with Crippen molar-refractivity contribution >= 4 is 5.97 Å². The Hall–Kier alpha value is -2.89. The highest BCUT2D eigenvalue weighted by atomic mass is 16.7. The number of esters is 1. The molecule has 0 aromatic heterocycles. The molecule has 3 rings (SSSR count). The lowest BCUT2D eigenvalue weighted by molar-refractivity contribution is -0.136. The normalized spacial score (nSPS) is 11.9. The molecule has 1 aliphatic rings. The zero-order valence-corrected chi connectivity index (χ0v) is 11.9. The molecular weight excluding hydrogens is 288 g/mol. The predicted octanol–water partition coefficient (Wildman–Crippen LogP) is 2.41. The number of ether oxygens (including phenoxy) is 5. The lowest BCUT2D eigenvalue weighted by atomic mass is 10.3. The highest BCUT2D eigenvalue weighted by Crippen LogP contribution is 2.35. The number of carbonyl (C=O) groups excluding carboxylic acids is 1. The molecular formula is C16H14O6. The molecule has 2 aromatic rings. The average molecular weight is 302 g/mol. The number of fused-ring (bicyclic) bond motifs is 1. The van der Waals surface area contributed by atoms with E-state index in [0.29, 0.717) is 23.0 Å². The number of hydrogen-bond acceptors (Lipinski definition) is 6. The fourth-order valence-corrected chi connectivity index (χ4v) is 1.92. The Balaban J connectivity index is 1.53. The minimum Gasteiger partial charge on any atom is -0.497 e. The minimum absolute atomic E-state index is 0.174. The van der Waals surface area contributed by atoms with Crippen LogP contribution in [0.25, 0.3) is 0 Å². The first-order valence-electron chi connectivity index (χ1n) is 6.62. The third-order valence-corrected chi connectivity index (χ3v) is 2.99. The Bertz CT molecular complexity index is 665. The second-order valence-corrected chi connectivity index (χ2v) is 4.45. The van der Waals surface area contributed by atoms with Crippen molar-refractivity contribution in [2.24, 2.45) is 0 Å². The first kappa shape index (κ1) is 14.1. The Morgan fingerprint density at radius 3 is 2.45 bits per heavy atom. The summed E-state index contributed by atoms with van der Waals surface area (Å²) in [4.78, 5) is 11.8. The molecule has 0 fully saturated rings. The van der Waals surface area contributed by atoms with Crippen LogP contribution in [0.1, 0.15) is 0 Å². The summed E-state index contributed by atoms with van der Waals surface area (Å²) in [6.45, 7) is -0.0198. The van der Waals surface area contributed by atoms with Crippen molar-refractivity contribution in [3.8, 4) is 28.7 Å². The van der Waals surface area contributed by atoms with Gasteiger partial charge in [-0.25, -0.2) is 4.79 Å². The first-order chi connectivity index (χ1) is 10.7. The third kappa shape index (κ3) is 3.22. The minimum atomic E-state index is -0.505. The monoisotopic (exact) mass is 302 g/mol. The van der Waals surface area contributed by atoms with Crippen LogP contribution in [-0.2, 0) is 4.79 Å². The lowest BCUT2D eigenvalue weighted by Gasteiger charge is -2.08. The Labute approximate surface area is 127 Å². The van der Waals surface area contributed by atoms with Gasteiger partial charge in [-0.2, -0.15) is 0 Å². The lowest BCUT2D eigenvalue weighted by Crippen LogP contribution is -2.17. The van der Waals surface area contributed by atoms with Crippen LogP contribution < -0.4 is 23.7 Å². The molecule has 0 N–H and O–H groups in total. The van der Waals surface area contributed by atoms with Crippen LogP contribution in [0.2, 0.25) is 0 Å². The SMILES string of the molecule is COc1ccc(OCC(=O)Oc2ccc3c(c2)OCO3)cc1. The molecule has 1 heterocycles. The molecule has 6 heteroatoms. The van der Waals surface area contributed by atoms with Crippen LogP contribution in [0.15, 0.2) is 42.5 Å². The Morgan fingerprint density at radius 1 is 1.00 bits per heavy atom. The number of methoxy groups -OCH3 is 1. The summed E-state index contributed by atoms with van der Waals surface area (Å²) < 4.78 is 26.0. The van der Waals surface area contributed by atoms with Crippen molar-refractivity contribution in [3.63, 3.8) is 0 Å². The Morgan fingerprint density at radius 2 is 1.68 bits per heavy atom. The van der Waals surface area contributed by atoms with Crippen LogP contribution in [-0.4, -0.2) is 26.5 Å². The van der Waals surface area contributed by atoms with Gasteiger partial charge in [0.25, 0.3) is 0 Å². The van der Waals surface area contributed by atoms with Gasteiger partial charge in [-0.1, -0.05) is 0 Å². The summed E-state index contributed by atoms with van der Waals surface area (Å²) in [5, 5.41) is 0. The van der Waals surface area contributed by atoms with Gasteiger partial charge >= 0.3 is 5.97 Å². The molecule has 1 aliphatic heterocycles. The topological polar surface area (TPSA) is 63.2 Å². The maximum absolute atomic E-state index is 11.8. The number of benzene rings is 2. The number of carbonyl (C=O) groups is 1. The van der Waals surface area contributed by atoms with Gasteiger partial charge in [0.2, 0.25) is 6.79 Å². The highest BCUT2D eigenvalue weighted by molar-refractivity contribution is 5.74. The van der Waals surface area contributed by atoms with Gasteiger partial charge in [-0.15, -0.1) is 0 Å². The molecule has 6 nitrogen and oxygen atoms in total.